The van der Waals surface area contributed by atoms with E-state index < -0.39 is 10.0 Å². The maximum absolute atomic E-state index is 12.6. The monoisotopic (exact) mass is 432 g/mol. The standard InChI is InChI=1S/C19H20N4O4S2/c1-12(2)27-16-9-5-8-15(11-16)23-29(25,26)19-22-21-18(28-19)20-17(24)14-7-4-6-13(3)10-14/h4-12,23H,1-3H3,(H,20,21,24). The van der Waals surface area contributed by atoms with Gasteiger partial charge in [-0.2, -0.15) is 8.42 Å². The Kier molecular flexibility index (Phi) is 6.14. The molecule has 1 heterocycles. The van der Waals surface area contributed by atoms with Crippen LogP contribution in [0.5, 0.6) is 5.75 Å². The summed E-state index contributed by atoms with van der Waals surface area (Å²) < 4.78 is 32.9. The summed E-state index contributed by atoms with van der Waals surface area (Å²) in [6, 6.07) is 13.6. The molecule has 2 N–H and O–H groups in total. The summed E-state index contributed by atoms with van der Waals surface area (Å²) in [4.78, 5) is 12.3. The third-order valence-electron chi connectivity index (χ3n) is 3.60. The summed E-state index contributed by atoms with van der Waals surface area (Å²) in [5.41, 5.74) is 1.72. The van der Waals surface area contributed by atoms with Crippen LogP contribution >= 0.6 is 11.3 Å². The number of nitrogens with one attached hydrogen (secondary N) is 2. The van der Waals surface area contributed by atoms with Crippen molar-refractivity contribution in [2.24, 2.45) is 0 Å². The van der Waals surface area contributed by atoms with Crippen LogP contribution in [0.2, 0.25) is 0 Å². The van der Waals surface area contributed by atoms with E-state index >= 15 is 0 Å². The van der Waals surface area contributed by atoms with Gasteiger partial charge >= 0.3 is 0 Å². The van der Waals surface area contributed by atoms with Gasteiger partial charge in [0.1, 0.15) is 5.75 Å². The lowest BCUT2D eigenvalue weighted by Crippen LogP contribution is -2.13. The maximum Gasteiger partial charge on any atom is 0.291 e. The zero-order valence-corrected chi connectivity index (χ0v) is 17.7. The van der Waals surface area contributed by atoms with E-state index in [0.717, 1.165) is 16.9 Å². The minimum Gasteiger partial charge on any atom is -0.491 e. The lowest BCUT2D eigenvalue weighted by molar-refractivity contribution is 0.102. The second-order valence-electron chi connectivity index (χ2n) is 6.50. The van der Waals surface area contributed by atoms with Crippen molar-refractivity contribution < 1.29 is 17.9 Å². The Morgan fingerprint density at radius 3 is 2.59 bits per heavy atom. The highest BCUT2D eigenvalue weighted by Crippen LogP contribution is 2.25. The summed E-state index contributed by atoms with van der Waals surface area (Å²) in [6.45, 7) is 5.63. The number of carbonyl (C=O) groups excluding carboxylic acids is 1. The van der Waals surface area contributed by atoms with Gasteiger partial charge in [0.25, 0.3) is 20.3 Å². The van der Waals surface area contributed by atoms with Crippen molar-refractivity contribution in [3.8, 4) is 5.75 Å². The largest absolute Gasteiger partial charge is 0.491 e. The molecule has 0 fully saturated rings. The number of hydrogen-bond acceptors (Lipinski definition) is 7. The highest BCUT2D eigenvalue weighted by Gasteiger charge is 2.21. The first kappa shape index (κ1) is 20.7. The van der Waals surface area contributed by atoms with Crippen LogP contribution < -0.4 is 14.8 Å². The van der Waals surface area contributed by atoms with E-state index in [0.29, 0.717) is 17.0 Å². The number of ether oxygens (including phenoxy) is 1. The fraction of sp³-hybridized carbons (Fsp3) is 0.211. The Bertz CT molecular complexity index is 1130. The molecule has 1 aromatic heterocycles. The Balaban J connectivity index is 1.72. The summed E-state index contributed by atoms with van der Waals surface area (Å²) in [7, 11) is -3.96. The van der Waals surface area contributed by atoms with E-state index in [1.807, 2.05) is 26.8 Å². The summed E-state index contributed by atoms with van der Waals surface area (Å²) >= 11 is 0.765. The third-order valence-corrected chi connectivity index (χ3v) is 6.18. The van der Waals surface area contributed by atoms with E-state index in [9.17, 15) is 13.2 Å². The number of aryl methyl sites for hydroxylation is 1. The van der Waals surface area contributed by atoms with Crippen LogP contribution in [0.1, 0.15) is 29.8 Å². The Morgan fingerprint density at radius 1 is 1.10 bits per heavy atom. The van der Waals surface area contributed by atoms with E-state index in [1.54, 1.807) is 42.5 Å². The number of amides is 1. The van der Waals surface area contributed by atoms with Crippen LogP contribution in [-0.2, 0) is 10.0 Å². The van der Waals surface area contributed by atoms with Crippen LogP contribution in [-0.4, -0.2) is 30.6 Å². The molecule has 0 aliphatic carbocycles. The fourth-order valence-corrected chi connectivity index (χ4v) is 4.37. The molecule has 0 spiro atoms. The first-order valence-electron chi connectivity index (χ1n) is 8.74. The molecule has 152 valence electrons. The van der Waals surface area contributed by atoms with Crippen LogP contribution in [0.4, 0.5) is 10.8 Å². The Labute approximate surface area is 173 Å². The summed E-state index contributed by atoms with van der Waals surface area (Å²) in [5, 5.41) is 10.1. The lowest BCUT2D eigenvalue weighted by atomic mass is 10.1. The van der Waals surface area contributed by atoms with E-state index in [-0.39, 0.29) is 21.5 Å². The van der Waals surface area contributed by atoms with Crippen molar-refractivity contribution in [1.82, 2.24) is 10.2 Å². The molecule has 0 aliphatic rings. The number of benzene rings is 2. The van der Waals surface area contributed by atoms with Crippen molar-refractivity contribution in [3.05, 3.63) is 59.7 Å². The van der Waals surface area contributed by atoms with Crippen LogP contribution in [0.25, 0.3) is 0 Å². The van der Waals surface area contributed by atoms with Gasteiger partial charge in [0.15, 0.2) is 0 Å². The van der Waals surface area contributed by atoms with Gasteiger partial charge in [-0.05, 0) is 45.0 Å². The van der Waals surface area contributed by atoms with Crippen LogP contribution in [0.3, 0.4) is 0 Å². The Morgan fingerprint density at radius 2 is 1.86 bits per heavy atom. The molecule has 0 bridgehead atoms. The third kappa shape index (κ3) is 5.52. The molecular weight excluding hydrogens is 412 g/mol. The number of sulfonamides is 1. The van der Waals surface area contributed by atoms with Crippen LogP contribution in [0.15, 0.2) is 52.9 Å². The molecule has 0 saturated carbocycles. The molecule has 3 aromatic rings. The first-order valence-corrected chi connectivity index (χ1v) is 11.0. The quantitative estimate of drug-likeness (QED) is 0.551. The SMILES string of the molecule is Cc1cccc(C(=O)Nc2nnc(S(=O)(=O)Nc3cccc(OC(C)C)c3)s2)c1. The average molecular weight is 433 g/mol. The minimum atomic E-state index is -3.96. The molecule has 0 aliphatic heterocycles. The maximum atomic E-state index is 12.6. The topological polar surface area (TPSA) is 110 Å². The van der Waals surface area contributed by atoms with Crippen molar-refractivity contribution in [3.63, 3.8) is 0 Å². The number of nitrogens with zero attached hydrogens (tertiary/aromatic N) is 2. The normalized spacial score (nSPS) is 11.3. The van der Waals surface area contributed by atoms with Crippen LogP contribution in [0, 0.1) is 6.92 Å². The Hall–Kier alpha value is -2.98. The van der Waals surface area contributed by atoms with Crippen molar-refractivity contribution in [1.29, 1.82) is 0 Å². The number of aromatic nitrogens is 2. The highest BCUT2D eigenvalue weighted by atomic mass is 32.2. The predicted octanol–water partition coefficient (Wildman–Crippen LogP) is 3.69. The second kappa shape index (κ2) is 8.58. The van der Waals surface area contributed by atoms with E-state index in [1.165, 1.54) is 0 Å². The predicted molar refractivity (Wildman–Crippen MR) is 112 cm³/mol. The van der Waals surface area contributed by atoms with Gasteiger partial charge < -0.3 is 4.74 Å². The van der Waals surface area contributed by atoms with E-state index in [2.05, 4.69) is 20.2 Å². The van der Waals surface area contributed by atoms with Gasteiger partial charge in [0.2, 0.25) is 5.13 Å². The summed E-state index contributed by atoms with van der Waals surface area (Å²) in [6.07, 6.45) is -0.0374. The number of rotatable bonds is 7. The van der Waals surface area contributed by atoms with Gasteiger partial charge in [-0.25, -0.2) is 0 Å². The zero-order valence-electron chi connectivity index (χ0n) is 16.0. The molecule has 2 aromatic carbocycles. The molecule has 3 rings (SSSR count). The lowest BCUT2D eigenvalue weighted by Gasteiger charge is -2.11. The van der Waals surface area contributed by atoms with Gasteiger partial charge in [-0.15, -0.1) is 10.2 Å². The molecule has 0 atom stereocenters. The van der Waals surface area contributed by atoms with Crippen molar-refractivity contribution in [2.45, 2.75) is 31.2 Å². The van der Waals surface area contributed by atoms with Gasteiger partial charge in [-0.3, -0.25) is 14.8 Å². The number of anilines is 2. The molecule has 10 heteroatoms. The van der Waals surface area contributed by atoms with Gasteiger partial charge in [0.05, 0.1) is 11.8 Å². The molecule has 0 saturated heterocycles. The zero-order chi connectivity index (χ0) is 21.0. The molecule has 8 nitrogen and oxygen atoms in total. The highest BCUT2D eigenvalue weighted by molar-refractivity contribution is 7.94. The molecule has 29 heavy (non-hydrogen) atoms. The van der Waals surface area contributed by atoms with E-state index in [4.69, 9.17) is 4.74 Å². The number of carbonyl (C=O) groups is 1. The first-order chi connectivity index (χ1) is 13.7. The molecule has 0 unspecified atom stereocenters. The smallest absolute Gasteiger partial charge is 0.291 e. The molecule has 1 amide bonds. The number of hydrogen-bond donors (Lipinski definition) is 2. The fourth-order valence-electron chi connectivity index (χ4n) is 2.43. The minimum absolute atomic E-state index is 0.0374. The molecular formula is C19H20N4O4S2. The average Bonchev–Trinajstić information content (AvgIpc) is 3.10. The van der Waals surface area contributed by atoms with Gasteiger partial charge in [0, 0.05) is 11.6 Å². The summed E-state index contributed by atoms with van der Waals surface area (Å²) in [5.74, 6) is 0.156. The van der Waals surface area contributed by atoms with Crippen molar-refractivity contribution in [2.75, 3.05) is 10.0 Å². The molecule has 0 radical (unpaired) electrons. The van der Waals surface area contributed by atoms with Crippen molar-refractivity contribution >= 4 is 38.1 Å². The van der Waals surface area contributed by atoms with Gasteiger partial charge in [-0.1, -0.05) is 35.1 Å². The second-order valence-corrected chi connectivity index (χ2v) is 9.33.